The number of carbonyl (C=O) groups excluding carboxylic acids is 1. The van der Waals surface area contributed by atoms with E-state index in [1.54, 1.807) is 25.1 Å². The van der Waals surface area contributed by atoms with Gasteiger partial charge < -0.3 is 19.4 Å². The Kier molecular flexibility index (Phi) is 4.43. The number of aromatic hydroxyl groups is 2. The van der Waals surface area contributed by atoms with E-state index in [-0.39, 0.29) is 46.7 Å². The second-order valence-electron chi connectivity index (χ2n) is 5.45. The van der Waals surface area contributed by atoms with E-state index in [1.165, 1.54) is 24.3 Å². The summed E-state index contributed by atoms with van der Waals surface area (Å²) in [6, 6.07) is 10.2. The molecule has 0 saturated heterocycles. The summed E-state index contributed by atoms with van der Waals surface area (Å²) >= 11 is 0. The molecule has 0 spiro atoms. The van der Waals surface area contributed by atoms with Crippen molar-refractivity contribution in [2.24, 2.45) is 0 Å². The Morgan fingerprint density at radius 1 is 1.16 bits per heavy atom. The number of hydrogen-bond donors (Lipinski definition) is 2. The Morgan fingerprint density at radius 2 is 1.96 bits per heavy atom. The lowest BCUT2D eigenvalue weighted by molar-refractivity contribution is -0.142. The fourth-order valence-electron chi connectivity index (χ4n) is 2.63. The molecule has 0 amide bonds. The van der Waals surface area contributed by atoms with Crippen LogP contribution in [0.2, 0.25) is 0 Å². The minimum atomic E-state index is -0.458. The Hall–Kier alpha value is -3.28. The molecule has 2 aromatic carbocycles. The van der Waals surface area contributed by atoms with Crippen molar-refractivity contribution in [2.45, 2.75) is 13.3 Å². The Labute approximate surface area is 142 Å². The number of phenolic OH excluding ortho intramolecular Hbond substituents is 2. The van der Waals surface area contributed by atoms with Crippen LogP contribution in [0.15, 0.2) is 51.7 Å². The third kappa shape index (κ3) is 3.33. The first-order valence-electron chi connectivity index (χ1n) is 7.73. The molecule has 25 heavy (non-hydrogen) atoms. The maximum absolute atomic E-state index is 12.3. The molecular formula is C19H16O6. The smallest absolute Gasteiger partial charge is 0.310 e. The lowest BCUT2D eigenvalue weighted by Gasteiger charge is -2.10. The summed E-state index contributed by atoms with van der Waals surface area (Å²) in [6.07, 6.45) is -0.0832. The van der Waals surface area contributed by atoms with Gasteiger partial charge in [0.1, 0.15) is 11.5 Å². The van der Waals surface area contributed by atoms with Crippen molar-refractivity contribution in [3.05, 3.63) is 58.3 Å². The number of hydrogen-bond acceptors (Lipinski definition) is 6. The molecule has 0 aliphatic rings. The van der Waals surface area contributed by atoms with E-state index in [2.05, 4.69) is 0 Å². The second-order valence-corrected chi connectivity index (χ2v) is 5.45. The number of benzene rings is 2. The molecule has 6 nitrogen and oxygen atoms in total. The third-order valence-corrected chi connectivity index (χ3v) is 3.73. The lowest BCUT2D eigenvalue weighted by Crippen LogP contribution is -2.09. The first-order valence-corrected chi connectivity index (χ1v) is 7.73. The monoisotopic (exact) mass is 340 g/mol. The SMILES string of the molecule is CCOC(=O)Cc1cc(O)ccc1-c1cc(=O)c2cccc(O)c2o1. The number of rotatable bonds is 4. The summed E-state index contributed by atoms with van der Waals surface area (Å²) in [5.41, 5.74) is 0.673. The number of fused-ring (bicyclic) bond motifs is 1. The normalized spacial score (nSPS) is 10.8. The molecule has 6 heteroatoms. The van der Waals surface area contributed by atoms with E-state index in [9.17, 15) is 19.8 Å². The topological polar surface area (TPSA) is 97.0 Å². The van der Waals surface area contributed by atoms with E-state index in [1.807, 2.05) is 0 Å². The highest BCUT2D eigenvalue weighted by atomic mass is 16.5. The van der Waals surface area contributed by atoms with Crippen LogP contribution in [0.3, 0.4) is 0 Å². The van der Waals surface area contributed by atoms with Gasteiger partial charge in [-0.25, -0.2) is 0 Å². The van der Waals surface area contributed by atoms with Crippen LogP contribution in [-0.4, -0.2) is 22.8 Å². The van der Waals surface area contributed by atoms with Gasteiger partial charge in [-0.2, -0.15) is 0 Å². The van der Waals surface area contributed by atoms with Crippen molar-refractivity contribution in [1.82, 2.24) is 0 Å². The Morgan fingerprint density at radius 3 is 2.72 bits per heavy atom. The van der Waals surface area contributed by atoms with Gasteiger partial charge in [-0.15, -0.1) is 0 Å². The number of para-hydroxylation sites is 1. The quantitative estimate of drug-likeness (QED) is 0.709. The fourth-order valence-corrected chi connectivity index (χ4v) is 2.63. The molecule has 1 heterocycles. The van der Waals surface area contributed by atoms with Gasteiger partial charge in [-0.1, -0.05) is 6.07 Å². The van der Waals surface area contributed by atoms with Gasteiger partial charge in [-0.05, 0) is 42.8 Å². The summed E-state index contributed by atoms with van der Waals surface area (Å²) < 4.78 is 10.6. The maximum atomic E-state index is 12.3. The maximum Gasteiger partial charge on any atom is 0.310 e. The van der Waals surface area contributed by atoms with Gasteiger partial charge in [-0.3, -0.25) is 9.59 Å². The van der Waals surface area contributed by atoms with Crippen LogP contribution < -0.4 is 5.43 Å². The fraction of sp³-hybridized carbons (Fsp3) is 0.158. The minimum absolute atomic E-state index is 0.0194. The summed E-state index contributed by atoms with van der Waals surface area (Å²) in [5, 5.41) is 19.9. The van der Waals surface area contributed by atoms with E-state index in [4.69, 9.17) is 9.15 Å². The second kappa shape index (κ2) is 6.68. The molecule has 0 radical (unpaired) electrons. The van der Waals surface area contributed by atoms with E-state index in [0.29, 0.717) is 11.1 Å². The molecule has 0 aliphatic carbocycles. The van der Waals surface area contributed by atoms with Crippen molar-refractivity contribution in [2.75, 3.05) is 6.61 Å². The molecule has 3 aromatic rings. The largest absolute Gasteiger partial charge is 0.508 e. The zero-order valence-electron chi connectivity index (χ0n) is 13.5. The molecular weight excluding hydrogens is 324 g/mol. The first-order chi connectivity index (χ1) is 12.0. The van der Waals surface area contributed by atoms with E-state index in [0.717, 1.165) is 0 Å². The highest BCUT2D eigenvalue weighted by Crippen LogP contribution is 2.31. The van der Waals surface area contributed by atoms with Crippen molar-refractivity contribution in [3.63, 3.8) is 0 Å². The highest BCUT2D eigenvalue weighted by molar-refractivity contribution is 5.84. The number of ether oxygens (including phenoxy) is 1. The van der Waals surface area contributed by atoms with Crippen LogP contribution in [-0.2, 0) is 16.0 Å². The van der Waals surface area contributed by atoms with Gasteiger partial charge >= 0.3 is 5.97 Å². The van der Waals surface area contributed by atoms with Gasteiger partial charge in [0.2, 0.25) is 0 Å². The van der Waals surface area contributed by atoms with Crippen molar-refractivity contribution < 1.29 is 24.2 Å². The summed E-state index contributed by atoms with van der Waals surface area (Å²) in [6.45, 7) is 1.94. The standard InChI is InChI=1S/C19H16O6/c1-2-24-18(23)9-11-8-12(20)6-7-13(11)17-10-16(22)14-4-3-5-15(21)19(14)25-17/h3-8,10,20-21H,2,9H2,1H3. The molecule has 0 atom stereocenters. The van der Waals surface area contributed by atoms with Crippen molar-refractivity contribution in [3.8, 4) is 22.8 Å². The van der Waals surface area contributed by atoms with Gasteiger partial charge in [0.05, 0.1) is 18.4 Å². The zero-order valence-corrected chi connectivity index (χ0v) is 13.5. The predicted molar refractivity (Wildman–Crippen MR) is 91.6 cm³/mol. The molecule has 128 valence electrons. The summed E-state index contributed by atoms with van der Waals surface area (Å²) in [5.74, 6) is -0.435. The minimum Gasteiger partial charge on any atom is -0.508 e. The van der Waals surface area contributed by atoms with Gasteiger partial charge in [0, 0.05) is 11.6 Å². The summed E-state index contributed by atoms with van der Waals surface area (Å²) in [4.78, 5) is 24.1. The van der Waals surface area contributed by atoms with Gasteiger partial charge in [0.15, 0.2) is 16.8 Å². The molecule has 0 fully saturated rings. The van der Waals surface area contributed by atoms with E-state index < -0.39 is 5.97 Å². The Bertz CT molecular complexity index is 1000. The Balaban J connectivity index is 2.16. The summed E-state index contributed by atoms with van der Waals surface area (Å²) in [7, 11) is 0. The first kappa shape index (κ1) is 16.6. The zero-order chi connectivity index (χ0) is 18.0. The predicted octanol–water partition coefficient (Wildman–Crippen LogP) is 2.98. The highest BCUT2D eigenvalue weighted by Gasteiger charge is 2.16. The van der Waals surface area contributed by atoms with Crippen LogP contribution in [0.25, 0.3) is 22.3 Å². The number of phenols is 2. The number of esters is 1. The molecule has 1 aromatic heterocycles. The van der Waals surface area contributed by atoms with Crippen LogP contribution in [0.1, 0.15) is 12.5 Å². The average Bonchev–Trinajstić information content (AvgIpc) is 2.56. The van der Waals surface area contributed by atoms with Gasteiger partial charge in [0.25, 0.3) is 0 Å². The molecule has 0 unspecified atom stereocenters. The van der Waals surface area contributed by atoms with Crippen LogP contribution in [0, 0.1) is 0 Å². The molecule has 2 N–H and O–H groups in total. The van der Waals surface area contributed by atoms with E-state index >= 15 is 0 Å². The lowest BCUT2D eigenvalue weighted by atomic mass is 10.0. The average molecular weight is 340 g/mol. The number of carbonyl (C=O) groups is 1. The van der Waals surface area contributed by atoms with Crippen LogP contribution in [0.5, 0.6) is 11.5 Å². The molecule has 0 aliphatic heterocycles. The molecule has 0 bridgehead atoms. The van der Waals surface area contributed by atoms with Crippen molar-refractivity contribution in [1.29, 1.82) is 0 Å². The third-order valence-electron chi connectivity index (χ3n) is 3.73. The van der Waals surface area contributed by atoms with Crippen molar-refractivity contribution >= 4 is 16.9 Å². The van der Waals surface area contributed by atoms with Crippen LogP contribution in [0.4, 0.5) is 0 Å². The molecule has 3 rings (SSSR count). The van der Waals surface area contributed by atoms with Crippen LogP contribution >= 0.6 is 0 Å². The molecule has 0 saturated carbocycles.